The van der Waals surface area contributed by atoms with E-state index in [4.69, 9.17) is 17.3 Å². The van der Waals surface area contributed by atoms with Gasteiger partial charge in [-0.3, -0.25) is 9.59 Å². The van der Waals surface area contributed by atoms with Crippen molar-refractivity contribution >= 4 is 40.3 Å². The molecule has 0 saturated carbocycles. The molecule has 11 heteroatoms. The number of halogens is 1. The third kappa shape index (κ3) is 5.40. The summed E-state index contributed by atoms with van der Waals surface area (Å²) in [5.74, 6) is 0.342. The maximum absolute atomic E-state index is 12.7. The first-order valence-corrected chi connectivity index (χ1v) is 11.3. The summed E-state index contributed by atoms with van der Waals surface area (Å²) in [4.78, 5) is 33.1. The number of aryl methyl sites for hydroxylation is 2. The summed E-state index contributed by atoms with van der Waals surface area (Å²) in [6.07, 6.45) is 2.15. The van der Waals surface area contributed by atoms with Gasteiger partial charge in [-0.05, 0) is 46.0 Å². The van der Waals surface area contributed by atoms with Crippen LogP contribution < -0.4 is 26.3 Å². The van der Waals surface area contributed by atoms with E-state index < -0.39 is 5.91 Å². The van der Waals surface area contributed by atoms with Gasteiger partial charge in [0, 0.05) is 18.2 Å². The lowest BCUT2D eigenvalue weighted by molar-refractivity contribution is -0.676. The molecule has 2 amide bonds. The van der Waals surface area contributed by atoms with Gasteiger partial charge in [-0.2, -0.15) is 0 Å². The number of fused-ring (bicyclic) bond motifs is 1. The number of benzene rings is 1. The summed E-state index contributed by atoms with van der Waals surface area (Å²) >= 11 is 5.86. The SMILES string of the molecule is CCn1c(CNC(=O)c2nc(Cl)cnc2N)[n+](CC)c2ccc(C(=O)NCCCNC)cc21. The van der Waals surface area contributed by atoms with Gasteiger partial charge in [-0.15, -0.1) is 0 Å². The van der Waals surface area contributed by atoms with Crippen molar-refractivity contribution in [3.8, 4) is 0 Å². The molecule has 1 aromatic carbocycles. The van der Waals surface area contributed by atoms with E-state index in [9.17, 15) is 9.59 Å². The number of aromatic nitrogens is 4. The highest BCUT2D eigenvalue weighted by molar-refractivity contribution is 6.29. The lowest BCUT2D eigenvalue weighted by Crippen LogP contribution is -2.40. The van der Waals surface area contributed by atoms with Gasteiger partial charge in [0.15, 0.2) is 22.5 Å². The number of nitrogens with zero attached hydrogens (tertiary/aromatic N) is 4. The lowest BCUT2D eigenvalue weighted by atomic mass is 10.2. The Morgan fingerprint density at radius 2 is 1.97 bits per heavy atom. The minimum atomic E-state index is -0.459. The van der Waals surface area contributed by atoms with Crippen LogP contribution >= 0.6 is 11.6 Å². The average molecular weight is 474 g/mol. The van der Waals surface area contributed by atoms with E-state index in [0.29, 0.717) is 25.2 Å². The predicted octanol–water partition coefficient (Wildman–Crippen LogP) is 1.26. The van der Waals surface area contributed by atoms with Gasteiger partial charge >= 0.3 is 0 Å². The van der Waals surface area contributed by atoms with Crippen molar-refractivity contribution in [3.63, 3.8) is 0 Å². The molecule has 0 aliphatic carbocycles. The van der Waals surface area contributed by atoms with Crippen LogP contribution in [0, 0.1) is 0 Å². The fraction of sp³-hybridized carbons (Fsp3) is 0.409. The van der Waals surface area contributed by atoms with Crippen molar-refractivity contribution in [1.29, 1.82) is 0 Å². The number of hydrogen-bond acceptors (Lipinski definition) is 6. The van der Waals surface area contributed by atoms with Crippen LogP contribution in [0.25, 0.3) is 11.0 Å². The molecule has 0 fully saturated rings. The summed E-state index contributed by atoms with van der Waals surface area (Å²) in [6, 6.07) is 5.66. The van der Waals surface area contributed by atoms with E-state index in [1.165, 1.54) is 6.20 Å². The monoisotopic (exact) mass is 473 g/mol. The minimum Gasteiger partial charge on any atom is -0.382 e. The molecule has 0 aliphatic rings. The van der Waals surface area contributed by atoms with Crippen LogP contribution in [0.1, 0.15) is 46.9 Å². The van der Waals surface area contributed by atoms with Gasteiger partial charge in [0.1, 0.15) is 11.7 Å². The second-order valence-corrected chi connectivity index (χ2v) is 7.82. The Balaban J connectivity index is 1.87. The van der Waals surface area contributed by atoms with Crippen molar-refractivity contribution in [2.24, 2.45) is 0 Å². The normalized spacial score (nSPS) is 11.0. The third-order valence-electron chi connectivity index (χ3n) is 5.36. The van der Waals surface area contributed by atoms with E-state index in [0.717, 1.165) is 29.8 Å². The quantitative estimate of drug-likeness (QED) is 0.259. The summed E-state index contributed by atoms with van der Waals surface area (Å²) in [5.41, 5.74) is 8.28. The molecule has 0 bridgehead atoms. The molecule has 3 rings (SSSR count). The van der Waals surface area contributed by atoms with E-state index >= 15 is 0 Å². The summed E-state index contributed by atoms with van der Waals surface area (Å²) < 4.78 is 4.20. The largest absolute Gasteiger partial charge is 0.382 e. The molecule has 0 atom stereocenters. The van der Waals surface area contributed by atoms with E-state index in [1.807, 2.05) is 39.1 Å². The summed E-state index contributed by atoms with van der Waals surface area (Å²) in [5, 5.41) is 8.97. The summed E-state index contributed by atoms with van der Waals surface area (Å²) in [7, 11) is 1.88. The molecule has 0 radical (unpaired) electrons. The zero-order chi connectivity index (χ0) is 24.0. The van der Waals surface area contributed by atoms with Crippen molar-refractivity contribution in [1.82, 2.24) is 30.5 Å². The number of carbonyl (C=O) groups excluding carboxylic acids is 2. The number of imidazole rings is 1. The van der Waals surface area contributed by atoms with Crippen LogP contribution in [-0.2, 0) is 19.6 Å². The van der Waals surface area contributed by atoms with Crippen LogP contribution in [0.15, 0.2) is 24.4 Å². The number of nitrogens with one attached hydrogen (secondary N) is 3. The van der Waals surface area contributed by atoms with Gasteiger partial charge < -0.3 is 21.7 Å². The Hall–Kier alpha value is -3.24. The zero-order valence-corrected chi connectivity index (χ0v) is 19.9. The minimum absolute atomic E-state index is 0.0121. The molecule has 2 aromatic heterocycles. The van der Waals surface area contributed by atoms with E-state index in [2.05, 4.69) is 35.1 Å². The molecule has 5 N–H and O–H groups in total. The topological polar surface area (TPSA) is 131 Å². The van der Waals surface area contributed by atoms with E-state index in [1.54, 1.807) is 0 Å². The Bertz CT molecular complexity index is 1160. The van der Waals surface area contributed by atoms with Crippen molar-refractivity contribution in [2.45, 2.75) is 39.9 Å². The van der Waals surface area contributed by atoms with Crippen molar-refractivity contribution < 1.29 is 14.2 Å². The number of nitrogen functional groups attached to an aromatic ring is 1. The molecular weight excluding hydrogens is 444 g/mol. The fourth-order valence-electron chi connectivity index (χ4n) is 3.79. The number of anilines is 1. The summed E-state index contributed by atoms with van der Waals surface area (Å²) in [6.45, 7) is 7.12. The maximum atomic E-state index is 12.7. The Morgan fingerprint density at radius 1 is 1.18 bits per heavy atom. The standard InChI is InChI=1S/C22H29ClN8O2/c1-4-30-15-8-7-14(21(32)26-10-6-9-25-3)11-16(15)31(5-2)18(30)13-28-22(33)19-20(24)27-12-17(23)29-19/h7-8,11-12,25H,4-6,9-10,13H2,1-3H3,(H3-,24,26,27,28,32,33)/p+1. The van der Waals surface area contributed by atoms with Gasteiger partial charge in [0.25, 0.3) is 17.6 Å². The number of amides is 2. The first-order chi connectivity index (χ1) is 15.9. The molecule has 3 aromatic rings. The molecule has 0 unspecified atom stereocenters. The highest BCUT2D eigenvalue weighted by Crippen LogP contribution is 2.18. The molecule has 0 aliphatic heterocycles. The number of hydrogen-bond donors (Lipinski definition) is 4. The van der Waals surface area contributed by atoms with Crippen LogP contribution in [0.2, 0.25) is 5.15 Å². The fourth-order valence-corrected chi connectivity index (χ4v) is 3.92. The molecule has 176 valence electrons. The van der Waals surface area contributed by atoms with Crippen LogP contribution in [0.5, 0.6) is 0 Å². The Morgan fingerprint density at radius 3 is 2.67 bits per heavy atom. The smallest absolute Gasteiger partial charge is 0.277 e. The molecule has 10 nitrogen and oxygen atoms in total. The first kappa shape index (κ1) is 24.4. The van der Waals surface area contributed by atoms with Crippen molar-refractivity contribution in [3.05, 3.63) is 46.6 Å². The first-order valence-electron chi connectivity index (χ1n) is 10.9. The van der Waals surface area contributed by atoms with Crippen LogP contribution in [0.4, 0.5) is 5.82 Å². The third-order valence-corrected chi connectivity index (χ3v) is 5.54. The van der Waals surface area contributed by atoms with Gasteiger partial charge in [-0.1, -0.05) is 11.6 Å². The second-order valence-electron chi connectivity index (χ2n) is 7.43. The number of nitrogens with two attached hydrogens (primary N) is 1. The highest BCUT2D eigenvalue weighted by atomic mass is 35.5. The van der Waals surface area contributed by atoms with Crippen molar-refractivity contribution in [2.75, 3.05) is 25.9 Å². The van der Waals surface area contributed by atoms with Crippen LogP contribution in [-0.4, -0.2) is 46.5 Å². The number of rotatable bonds is 10. The zero-order valence-electron chi connectivity index (χ0n) is 19.1. The lowest BCUT2D eigenvalue weighted by Gasteiger charge is -2.07. The number of carbonyl (C=O) groups is 2. The van der Waals surface area contributed by atoms with Gasteiger partial charge in [-0.25, -0.2) is 19.1 Å². The van der Waals surface area contributed by atoms with Gasteiger partial charge in [0.2, 0.25) is 0 Å². The molecule has 2 heterocycles. The second kappa shape index (κ2) is 11.1. The van der Waals surface area contributed by atoms with Crippen LogP contribution in [0.3, 0.4) is 0 Å². The predicted molar refractivity (Wildman–Crippen MR) is 127 cm³/mol. The van der Waals surface area contributed by atoms with E-state index in [-0.39, 0.29) is 29.1 Å². The van der Waals surface area contributed by atoms with Gasteiger partial charge in [0.05, 0.1) is 19.3 Å². The molecule has 0 saturated heterocycles. The molecule has 0 spiro atoms. The highest BCUT2D eigenvalue weighted by Gasteiger charge is 2.25. The Kier molecular flexibility index (Phi) is 8.18. The molecule has 33 heavy (non-hydrogen) atoms. The maximum Gasteiger partial charge on any atom is 0.277 e. The Labute approximate surface area is 197 Å². The average Bonchev–Trinajstić information content (AvgIpc) is 3.13. The molecular formula is C22H30ClN8O2+.